The third-order valence-corrected chi connectivity index (χ3v) is 8.35. The van der Waals surface area contributed by atoms with Crippen molar-refractivity contribution in [2.24, 2.45) is 0 Å². The van der Waals surface area contributed by atoms with Crippen LogP contribution in [0.15, 0.2) is 65.8 Å². The highest BCUT2D eigenvalue weighted by molar-refractivity contribution is 7.90. The second-order valence-corrected chi connectivity index (χ2v) is 12.1. The number of imidazole rings is 1. The summed E-state index contributed by atoms with van der Waals surface area (Å²) in [5.74, 6) is -0.927. The van der Waals surface area contributed by atoms with Gasteiger partial charge in [0.25, 0.3) is 0 Å². The smallest absolute Gasteiger partial charge is 0.392 e. The fraction of sp³-hybridized carbons (Fsp3) is 0.148. The van der Waals surface area contributed by atoms with Crippen molar-refractivity contribution in [2.75, 3.05) is 6.26 Å². The Hall–Kier alpha value is -3.78. The van der Waals surface area contributed by atoms with E-state index in [2.05, 4.69) is 15.3 Å². The Morgan fingerprint density at radius 3 is 2.29 bits per heavy atom. The molecule has 5 rings (SSSR count). The molecule has 0 fully saturated rings. The molecule has 42 heavy (non-hydrogen) atoms. The normalized spacial score (nSPS) is 12.2. The summed E-state index contributed by atoms with van der Waals surface area (Å²) in [4.78, 5) is 3.25. The molecule has 0 radical (unpaired) electrons. The number of aryl methyl sites for hydroxylation is 1. The molecule has 0 unspecified atom stereocenters. The Bertz CT molecular complexity index is 1960. The van der Waals surface area contributed by atoms with Crippen LogP contribution < -0.4 is 0 Å². The lowest BCUT2D eigenvalue weighted by Crippen LogP contribution is -2.08. The number of alkyl halides is 3. The third kappa shape index (κ3) is 5.52. The minimum atomic E-state index is -4.71. The van der Waals surface area contributed by atoms with Crippen LogP contribution in [0.3, 0.4) is 0 Å². The van der Waals surface area contributed by atoms with Crippen LogP contribution in [0, 0.1) is 12.7 Å². The lowest BCUT2D eigenvalue weighted by Gasteiger charge is -2.17. The zero-order valence-electron chi connectivity index (χ0n) is 21.7. The van der Waals surface area contributed by atoms with Crippen LogP contribution in [0.2, 0.25) is 10.0 Å². The number of aliphatic hydroxyl groups is 1. The van der Waals surface area contributed by atoms with Gasteiger partial charge in [0.1, 0.15) is 11.6 Å². The highest BCUT2D eigenvalue weighted by Gasteiger charge is 2.35. The second-order valence-electron chi connectivity index (χ2n) is 9.27. The Balaban J connectivity index is 1.79. The molecule has 0 aliphatic heterocycles. The van der Waals surface area contributed by atoms with Crippen LogP contribution >= 0.6 is 23.2 Å². The van der Waals surface area contributed by atoms with Crippen molar-refractivity contribution in [1.29, 1.82) is 0 Å². The fourth-order valence-corrected chi connectivity index (χ4v) is 5.71. The molecule has 0 atom stereocenters. The largest absolute Gasteiger partial charge is 0.434 e. The zero-order valence-corrected chi connectivity index (χ0v) is 24.0. The molecule has 0 amide bonds. The predicted octanol–water partition coefficient (Wildman–Crippen LogP) is 6.46. The summed E-state index contributed by atoms with van der Waals surface area (Å²) < 4.78 is 82.9. The summed E-state index contributed by atoms with van der Waals surface area (Å²) >= 11 is 12.3. The van der Waals surface area contributed by atoms with Gasteiger partial charge in [0.2, 0.25) is 0 Å². The molecule has 5 aromatic rings. The number of aromatic nitrogens is 5. The first-order valence-electron chi connectivity index (χ1n) is 12.0. The summed E-state index contributed by atoms with van der Waals surface area (Å²) in [5.41, 5.74) is 0.262. The van der Waals surface area contributed by atoms with Crippen LogP contribution in [0.5, 0.6) is 0 Å². The molecule has 1 N–H and O–H groups in total. The predicted molar refractivity (Wildman–Crippen MR) is 148 cm³/mol. The minimum Gasteiger partial charge on any atom is -0.392 e. The molecular formula is C27H19Cl2F4N5O3S. The van der Waals surface area contributed by atoms with E-state index in [1.165, 1.54) is 46.6 Å². The number of rotatable bonds is 6. The molecule has 2 heterocycles. The molecule has 0 bridgehead atoms. The average Bonchev–Trinajstić information content (AvgIpc) is 3.56. The number of aliphatic hydroxyl groups excluding tert-OH is 1. The Labute approximate surface area is 246 Å². The van der Waals surface area contributed by atoms with Gasteiger partial charge < -0.3 is 9.67 Å². The molecule has 0 saturated carbocycles. The Morgan fingerprint density at radius 2 is 1.67 bits per heavy atom. The topological polar surface area (TPSA) is 103 Å². The molecule has 8 nitrogen and oxygen atoms in total. The van der Waals surface area contributed by atoms with Gasteiger partial charge >= 0.3 is 6.18 Å². The van der Waals surface area contributed by atoms with Crippen LogP contribution in [0.4, 0.5) is 17.6 Å². The van der Waals surface area contributed by atoms with Gasteiger partial charge in [0, 0.05) is 23.6 Å². The molecule has 2 aromatic heterocycles. The van der Waals surface area contributed by atoms with E-state index in [9.17, 15) is 31.1 Å². The van der Waals surface area contributed by atoms with E-state index >= 15 is 0 Å². The maximum absolute atomic E-state index is 15.0. The van der Waals surface area contributed by atoms with Crippen molar-refractivity contribution < 1.29 is 31.1 Å². The van der Waals surface area contributed by atoms with Gasteiger partial charge in [0.15, 0.2) is 15.5 Å². The quantitative estimate of drug-likeness (QED) is 0.214. The van der Waals surface area contributed by atoms with Crippen LogP contribution in [0.1, 0.15) is 17.1 Å². The van der Waals surface area contributed by atoms with Crippen molar-refractivity contribution in [3.8, 4) is 33.8 Å². The molecule has 0 saturated heterocycles. The standard InChI is InChI=1S/C27H19Cl2F4N5O3S/c1-14-35-26(27(31,32)33)12-37(14)22-6-4-15(17-8-21(30)18(13-39)25(10-17)42(2,40)41)9-23(22)38-24(11-34-36-38)16-3-5-19(28)20(29)7-16/h3-12,39H,13H2,1-2H3. The summed E-state index contributed by atoms with van der Waals surface area (Å²) in [6, 6.07) is 11.5. The minimum absolute atomic E-state index is 0.0187. The number of sulfone groups is 1. The van der Waals surface area contributed by atoms with Crippen molar-refractivity contribution in [3.63, 3.8) is 0 Å². The van der Waals surface area contributed by atoms with Gasteiger partial charge in [-0.1, -0.05) is 40.5 Å². The first kappa shape index (κ1) is 29.7. The zero-order chi connectivity index (χ0) is 30.6. The van der Waals surface area contributed by atoms with Crippen LogP contribution in [0.25, 0.3) is 33.8 Å². The van der Waals surface area contributed by atoms with Gasteiger partial charge in [-0.2, -0.15) is 13.2 Å². The maximum Gasteiger partial charge on any atom is 0.434 e. The SMILES string of the molecule is Cc1nc(C(F)(F)F)cn1-c1ccc(-c2cc(F)c(CO)c(S(C)(=O)=O)c2)cc1-n1nncc1-c1ccc(Cl)c(Cl)c1. The first-order chi connectivity index (χ1) is 19.7. The number of nitrogens with zero attached hydrogens (tertiary/aromatic N) is 5. The third-order valence-electron chi connectivity index (χ3n) is 6.45. The van der Waals surface area contributed by atoms with Gasteiger partial charge in [-0.15, -0.1) is 5.10 Å². The van der Waals surface area contributed by atoms with E-state index in [-0.39, 0.29) is 33.3 Å². The van der Waals surface area contributed by atoms with E-state index in [4.69, 9.17) is 23.2 Å². The average molecular weight is 640 g/mol. The van der Waals surface area contributed by atoms with Crippen LogP contribution in [-0.4, -0.2) is 44.3 Å². The number of halogens is 6. The molecule has 0 aliphatic carbocycles. The maximum atomic E-state index is 15.0. The van der Waals surface area contributed by atoms with Crippen LogP contribution in [-0.2, 0) is 22.6 Å². The highest BCUT2D eigenvalue weighted by atomic mass is 35.5. The lowest BCUT2D eigenvalue weighted by molar-refractivity contribution is -0.141. The van der Waals surface area contributed by atoms with E-state index in [0.29, 0.717) is 21.8 Å². The van der Waals surface area contributed by atoms with Crippen molar-refractivity contribution in [3.05, 3.63) is 93.9 Å². The molecule has 0 spiro atoms. The number of benzene rings is 3. The fourth-order valence-electron chi connectivity index (χ4n) is 4.46. The van der Waals surface area contributed by atoms with Crippen molar-refractivity contribution >= 4 is 33.0 Å². The Kier molecular flexibility index (Phi) is 7.64. The van der Waals surface area contributed by atoms with E-state index < -0.39 is 39.0 Å². The molecule has 3 aromatic carbocycles. The lowest BCUT2D eigenvalue weighted by atomic mass is 10.0. The second kappa shape index (κ2) is 10.8. The molecular weight excluding hydrogens is 621 g/mol. The number of hydrogen-bond acceptors (Lipinski definition) is 6. The summed E-state index contributed by atoms with van der Waals surface area (Å²) in [7, 11) is -3.94. The summed E-state index contributed by atoms with van der Waals surface area (Å²) in [6.45, 7) is 0.557. The molecule has 15 heteroatoms. The van der Waals surface area contributed by atoms with Gasteiger partial charge in [-0.3, -0.25) is 0 Å². The van der Waals surface area contributed by atoms with Gasteiger partial charge in [-0.25, -0.2) is 22.5 Å². The first-order valence-corrected chi connectivity index (χ1v) is 14.6. The Morgan fingerprint density at radius 1 is 0.952 bits per heavy atom. The van der Waals surface area contributed by atoms with E-state index in [1.54, 1.807) is 18.2 Å². The van der Waals surface area contributed by atoms with E-state index in [0.717, 1.165) is 18.5 Å². The summed E-state index contributed by atoms with van der Waals surface area (Å²) in [5, 5.41) is 18.3. The highest BCUT2D eigenvalue weighted by Crippen LogP contribution is 2.36. The van der Waals surface area contributed by atoms with Crippen molar-refractivity contribution in [2.45, 2.75) is 24.6 Å². The molecule has 218 valence electrons. The summed E-state index contributed by atoms with van der Waals surface area (Å²) in [6.07, 6.45) is -1.57. The van der Waals surface area contributed by atoms with Gasteiger partial charge in [-0.05, 0) is 54.4 Å². The number of hydrogen-bond donors (Lipinski definition) is 1. The van der Waals surface area contributed by atoms with Gasteiger partial charge in [0.05, 0.1) is 44.8 Å². The van der Waals surface area contributed by atoms with Crippen molar-refractivity contribution in [1.82, 2.24) is 24.5 Å². The monoisotopic (exact) mass is 639 g/mol. The molecule has 0 aliphatic rings. The van der Waals surface area contributed by atoms with E-state index in [1.807, 2.05) is 0 Å².